The monoisotopic (exact) mass is 480 g/mol. The third-order valence-electron chi connectivity index (χ3n) is 5.67. The zero-order chi connectivity index (χ0) is 24.3. The van der Waals surface area contributed by atoms with Gasteiger partial charge >= 0.3 is 0 Å². The van der Waals surface area contributed by atoms with E-state index >= 15 is 0 Å². The Morgan fingerprint density at radius 2 is 1.62 bits per heavy atom. The molecule has 0 saturated carbocycles. The standard InChI is InChI=1S/C28H30ClFN2O2/c1-2-3-17-31-28(34)26(18-21-9-5-4-6-10-21)32(20-23-11-7-8-12-25(23)30)27(33)19-22-13-15-24(29)16-14-22/h4-16,26H,2-3,17-20H2,1H3,(H,31,34)/t26-/m1/s1. The summed E-state index contributed by atoms with van der Waals surface area (Å²) in [4.78, 5) is 28.4. The van der Waals surface area contributed by atoms with E-state index in [1.807, 2.05) is 37.3 Å². The first kappa shape index (κ1) is 25.4. The first-order valence-corrected chi connectivity index (χ1v) is 11.9. The molecular formula is C28H30ClFN2O2. The highest BCUT2D eigenvalue weighted by Crippen LogP contribution is 2.19. The van der Waals surface area contributed by atoms with E-state index < -0.39 is 11.9 Å². The molecule has 178 valence electrons. The van der Waals surface area contributed by atoms with Crippen molar-refractivity contribution >= 4 is 23.4 Å². The highest BCUT2D eigenvalue weighted by molar-refractivity contribution is 6.30. The summed E-state index contributed by atoms with van der Waals surface area (Å²) in [6, 6.07) is 22.2. The van der Waals surface area contributed by atoms with Crippen LogP contribution in [0.2, 0.25) is 5.02 Å². The van der Waals surface area contributed by atoms with Crippen LogP contribution >= 0.6 is 11.6 Å². The van der Waals surface area contributed by atoms with Crippen LogP contribution in [0.3, 0.4) is 0 Å². The second-order valence-corrected chi connectivity index (χ2v) is 8.70. The molecule has 0 aliphatic carbocycles. The fraction of sp³-hybridized carbons (Fsp3) is 0.286. The number of carbonyl (C=O) groups is 2. The van der Waals surface area contributed by atoms with Crippen molar-refractivity contribution in [2.75, 3.05) is 6.54 Å². The zero-order valence-corrected chi connectivity index (χ0v) is 20.1. The lowest BCUT2D eigenvalue weighted by atomic mass is 10.0. The second-order valence-electron chi connectivity index (χ2n) is 8.27. The van der Waals surface area contributed by atoms with Gasteiger partial charge in [0.05, 0.1) is 6.42 Å². The number of hydrogen-bond acceptors (Lipinski definition) is 2. The largest absolute Gasteiger partial charge is 0.354 e. The number of hydrogen-bond donors (Lipinski definition) is 1. The first-order valence-electron chi connectivity index (χ1n) is 11.6. The molecule has 1 atom stereocenters. The van der Waals surface area contributed by atoms with Crippen LogP contribution in [0.15, 0.2) is 78.9 Å². The van der Waals surface area contributed by atoms with Gasteiger partial charge < -0.3 is 10.2 Å². The molecule has 3 aromatic rings. The summed E-state index contributed by atoms with van der Waals surface area (Å²) in [5, 5.41) is 3.55. The molecule has 3 aromatic carbocycles. The van der Waals surface area contributed by atoms with Crippen molar-refractivity contribution in [3.05, 3.63) is 106 Å². The SMILES string of the molecule is CCCCNC(=O)[C@@H](Cc1ccccc1)N(Cc1ccccc1F)C(=O)Cc1ccc(Cl)cc1. The maximum Gasteiger partial charge on any atom is 0.243 e. The lowest BCUT2D eigenvalue weighted by molar-refractivity contribution is -0.140. The Kier molecular flexibility index (Phi) is 9.65. The van der Waals surface area contributed by atoms with Crippen LogP contribution in [0.5, 0.6) is 0 Å². The third-order valence-corrected chi connectivity index (χ3v) is 5.92. The van der Waals surface area contributed by atoms with Crippen LogP contribution in [0, 0.1) is 5.82 Å². The molecule has 6 heteroatoms. The maximum atomic E-state index is 14.6. The van der Waals surface area contributed by atoms with Crippen molar-refractivity contribution in [1.29, 1.82) is 0 Å². The van der Waals surface area contributed by atoms with Crippen molar-refractivity contribution < 1.29 is 14.0 Å². The van der Waals surface area contributed by atoms with Crippen LogP contribution in [0.4, 0.5) is 4.39 Å². The predicted octanol–water partition coefficient (Wildman–Crippen LogP) is 5.58. The number of halogens is 2. The average molecular weight is 481 g/mol. The van der Waals surface area contributed by atoms with E-state index in [0.29, 0.717) is 23.6 Å². The van der Waals surface area contributed by atoms with Crippen molar-refractivity contribution in [2.24, 2.45) is 0 Å². The summed E-state index contributed by atoms with van der Waals surface area (Å²) >= 11 is 5.99. The lowest BCUT2D eigenvalue weighted by Crippen LogP contribution is -2.51. The van der Waals surface area contributed by atoms with Crippen LogP contribution in [0.25, 0.3) is 0 Å². The van der Waals surface area contributed by atoms with Gasteiger partial charge in [0, 0.05) is 30.1 Å². The van der Waals surface area contributed by atoms with E-state index in [-0.39, 0.29) is 24.8 Å². The molecule has 0 fully saturated rings. The van der Waals surface area contributed by atoms with Crippen LogP contribution in [0.1, 0.15) is 36.5 Å². The summed E-state index contributed by atoms with van der Waals surface area (Å²) in [7, 11) is 0. The zero-order valence-electron chi connectivity index (χ0n) is 19.3. The number of carbonyl (C=O) groups excluding carboxylic acids is 2. The molecule has 0 aromatic heterocycles. The Morgan fingerprint density at radius 3 is 2.29 bits per heavy atom. The van der Waals surface area contributed by atoms with E-state index in [0.717, 1.165) is 24.0 Å². The van der Waals surface area contributed by atoms with Crippen LogP contribution < -0.4 is 5.32 Å². The number of benzene rings is 3. The van der Waals surface area contributed by atoms with Crippen molar-refractivity contribution in [1.82, 2.24) is 10.2 Å². The van der Waals surface area contributed by atoms with Gasteiger partial charge in [-0.2, -0.15) is 0 Å². The Morgan fingerprint density at radius 1 is 0.941 bits per heavy atom. The van der Waals surface area contributed by atoms with Gasteiger partial charge in [-0.25, -0.2) is 4.39 Å². The molecule has 2 amide bonds. The fourth-order valence-corrected chi connectivity index (χ4v) is 3.87. The Hall–Kier alpha value is -3.18. The van der Waals surface area contributed by atoms with Crippen LogP contribution in [-0.4, -0.2) is 29.3 Å². The quantitative estimate of drug-likeness (QED) is 0.364. The van der Waals surface area contributed by atoms with E-state index in [2.05, 4.69) is 5.32 Å². The van der Waals surface area contributed by atoms with Gasteiger partial charge in [-0.1, -0.05) is 85.6 Å². The van der Waals surface area contributed by atoms with Crippen molar-refractivity contribution in [3.63, 3.8) is 0 Å². The Balaban J connectivity index is 1.94. The van der Waals surface area contributed by atoms with E-state index in [1.165, 1.54) is 11.0 Å². The molecule has 0 bridgehead atoms. The molecule has 0 radical (unpaired) electrons. The number of amides is 2. The summed E-state index contributed by atoms with van der Waals surface area (Å²) in [6.07, 6.45) is 2.20. The Bertz CT molecular complexity index is 1070. The number of unbranched alkanes of at least 4 members (excludes halogenated alkanes) is 1. The minimum Gasteiger partial charge on any atom is -0.354 e. The van der Waals surface area contributed by atoms with E-state index in [1.54, 1.807) is 42.5 Å². The molecule has 0 aliphatic heterocycles. The molecule has 34 heavy (non-hydrogen) atoms. The number of nitrogens with one attached hydrogen (secondary N) is 1. The van der Waals surface area contributed by atoms with E-state index in [4.69, 9.17) is 11.6 Å². The molecule has 0 saturated heterocycles. The summed E-state index contributed by atoms with van der Waals surface area (Å²) in [5.74, 6) is -0.896. The second kappa shape index (κ2) is 12.9. The fourth-order valence-electron chi connectivity index (χ4n) is 3.75. The smallest absolute Gasteiger partial charge is 0.243 e. The summed E-state index contributed by atoms with van der Waals surface area (Å²) in [5.41, 5.74) is 2.07. The third kappa shape index (κ3) is 7.42. The van der Waals surface area contributed by atoms with Gasteiger partial charge in [0.25, 0.3) is 0 Å². The number of rotatable bonds is 11. The maximum absolute atomic E-state index is 14.6. The first-order chi connectivity index (χ1) is 16.5. The van der Waals surface area contributed by atoms with Gasteiger partial charge in [0.1, 0.15) is 11.9 Å². The van der Waals surface area contributed by atoms with E-state index in [9.17, 15) is 14.0 Å². The average Bonchev–Trinajstić information content (AvgIpc) is 2.84. The molecule has 0 spiro atoms. The summed E-state index contributed by atoms with van der Waals surface area (Å²) in [6.45, 7) is 2.57. The topological polar surface area (TPSA) is 49.4 Å². The minimum atomic E-state index is -0.779. The van der Waals surface area contributed by atoms with Gasteiger partial charge in [-0.3, -0.25) is 9.59 Å². The molecule has 0 heterocycles. The summed E-state index contributed by atoms with van der Waals surface area (Å²) < 4.78 is 14.6. The van der Waals surface area contributed by atoms with Crippen LogP contribution in [-0.2, 0) is 29.0 Å². The lowest BCUT2D eigenvalue weighted by Gasteiger charge is -2.32. The van der Waals surface area contributed by atoms with Gasteiger partial charge in [0.2, 0.25) is 11.8 Å². The molecule has 3 rings (SSSR count). The predicted molar refractivity (Wildman–Crippen MR) is 134 cm³/mol. The van der Waals surface area contributed by atoms with Crippen molar-refractivity contribution in [2.45, 2.75) is 45.2 Å². The van der Waals surface area contributed by atoms with Crippen molar-refractivity contribution in [3.8, 4) is 0 Å². The molecular weight excluding hydrogens is 451 g/mol. The number of nitrogens with zero attached hydrogens (tertiary/aromatic N) is 1. The molecule has 4 nitrogen and oxygen atoms in total. The molecule has 0 unspecified atom stereocenters. The van der Waals surface area contributed by atoms with Gasteiger partial charge in [-0.05, 0) is 35.7 Å². The van der Waals surface area contributed by atoms with Gasteiger partial charge in [-0.15, -0.1) is 0 Å². The molecule has 1 N–H and O–H groups in total. The van der Waals surface area contributed by atoms with Gasteiger partial charge in [0.15, 0.2) is 0 Å². The minimum absolute atomic E-state index is 0.00219. The highest BCUT2D eigenvalue weighted by atomic mass is 35.5. The molecule has 0 aliphatic rings. The normalized spacial score (nSPS) is 11.6. The Labute approximate surface area is 205 Å². The highest BCUT2D eigenvalue weighted by Gasteiger charge is 2.30.